The normalized spacial score (nSPS) is 12.4. The Bertz CT molecular complexity index is 560. The highest BCUT2D eigenvalue weighted by molar-refractivity contribution is 7.89. The summed E-state index contributed by atoms with van der Waals surface area (Å²) >= 11 is 23.2. The van der Waals surface area contributed by atoms with Crippen molar-refractivity contribution < 1.29 is 8.42 Å². The second-order valence-electron chi connectivity index (χ2n) is 4.10. The lowest BCUT2D eigenvalue weighted by molar-refractivity contribution is 0.370. The first kappa shape index (κ1) is 17.3. The van der Waals surface area contributed by atoms with Gasteiger partial charge in [0.25, 0.3) is 0 Å². The number of nitrogens with zero attached hydrogens (tertiary/aromatic N) is 1. The molecule has 0 amide bonds. The third-order valence-corrected chi connectivity index (χ3v) is 5.87. The summed E-state index contributed by atoms with van der Waals surface area (Å²) in [5.41, 5.74) is 0. The molecule has 0 fully saturated rings. The van der Waals surface area contributed by atoms with Gasteiger partial charge in [-0.05, 0) is 26.0 Å². The van der Waals surface area contributed by atoms with Gasteiger partial charge >= 0.3 is 0 Å². The lowest BCUT2D eigenvalue weighted by Crippen LogP contribution is -2.38. The number of hydrogen-bond donors (Lipinski definition) is 0. The number of sulfonamides is 1. The summed E-state index contributed by atoms with van der Waals surface area (Å²) in [6, 6.07) is 2.33. The predicted octanol–water partition coefficient (Wildman–Crippen LogP) is 4.28. The van der Waals surface area contributed by atoms with Crippen LogP contribution in [0.5, 0.6) is 0 Å². The fraction of sp³-hybridized carbons (Fsp3) is 0.455. The fourth-order valence-electron chi connectivity index (χ4n) is 1.57. The van der Waals surface area contributed by atoms with Crippen LogP contribution in [0.15, 0.2) is 17.0 Å². The van der Waals surface area contributed by atoms with E-state index in [-0.39, 0.29) is 38.4 Å². The summed E-state index contributed by atoms with van der Waals surface area (Å²) in [6.07, 6.45) is 0. The maximum Gasteiger partial charge on any atom is 0.244 e. The molecule has 8 heteroatoms. The number of halogens is 4. The van der Waals surface area contributed by atoms with Crippen LogP contribution in [-0.2, 0) is 10.0 Å². The third-order valence-electron chi connectivity index (χ3n) is 2.44. The molecule has 0 aliphatic rings. The van der Waals surface area contributed by atoms with Gasteiger partial charge in [0.15, 0.2) is 0 Å². The zero-order valence-electron chi connectivity index (χ0n) is 10.3. The molecular formula is C11H13Cl4NO2S. The molecule has 1 aromatic carbocycles. The Morgan fingerprint density at radius 2 is 1.63 bits per heavy atom. The number of alkyl halides is 1. The van der Waals surface area contributed by atoms with Gasteiger partial charge < -0.3 is 0 Å². The van der Waals surface area contributed by atoms with Crippen molar-refractivity contribution in [3.63, 3.8) is 0 Å². The monoisotopic (exact) mass is 363 g/mol. The molecule has 0 aliphatic heterocycles. The minimum absolute atomic E-state index is 0.0367. The molecule has 0 atom stereocenters. The van der Waals surface area contributed by atoms with Gasteiger partial charge in [0.05, 0.1) is 15.1 Å². The average Bonchev–Trinajstić information content (AvgIpc) is 2.29. The van der Waals surface area contributed by atoms with E-state index in [0.29, 0.717) is 0 Å². The van der Waals surface area contributed by atoms with Gasteiger partial charge in [-0.2, -0.15) is 4.31 Å². The van der Waals surface area contributed by atoms with Crippen LogP contribution in [0.2, 0.25) is 15.1 Å². The van der Waals surface area contributed by atoms with Crippen molar-refractivity contribution in [2.24, 2.45) is 0 Å². The molecule has 0 radical (unpaired) electrons. The number of benzene rings is 1. The second kappa shape index (κ2) is 6.83. The first-order valence-corrected chi connectivity index (χ1v) is 8.55. The van der Waals surface area contributed by atoms with Crippen molar-refractivity contribution in [2.45, 2.75) is 24.8 Å². The van der Waals surface area contributed by atoms with E-state index in [1.54, 1.807) is 13.8 Å². The molecule has 0 saturated heterocycles. The molecule has 0 unspecified atom stereocenters. The predicted molar refractivity (Wildman–Crippen MR) is 81.2 cm³/mol. The summed E-state index contributed by atoms with van der Waals surface area (Å²) in [5, 5.41) is 0.382. The Morgan fingerprint density at radius 3 is 2.11 bits per heavy atom. The SMILES string of the molecule is CC(C)N(CCCl)S(=O)(=O)c1cc(Cl)c(Cl)cc1Cl. The molecule has 0 aromatic heterocycles. The van der Waals surface area contributed by atoms with Crippen LogP contribution in [-0.4, -0.2) is 31.2 Å². The standard InChI is InChI=1S/C11H13Cl4NO2S/c1-7(2)16(4-3-12)19(17,18)11-6-9(14)8(13)5-10(11)15/h5-7H,3-4H2,1-2H3. The summed E-state index contributed by atoms with van der Waals surface area (Å²) in [4.78, 5) is -0.0672. The van der Waals surface area contributed by atoms with Gasteiger partial charge in [0.1, 0.15) is 4.90 Å². The van der Waals surface area contributed by atoms with Crippen LogP contribution in [0.25, 0.3) is 0 Å². The molecule has 0 N–H and O–H groups in total. The first-order valence-electron chi connectivity index (χ1n) is 5.44. The molecule has 0 bridgehead atoms. The summed E-state index contributed by atoms with van der Waals surface area (Å²) < 4.78 is 26.3. The van der Waals surface area contributed by atoms with Gasteiger partial charge in [-0.15, -0.1) is 11.6 Å². The van der Waals surface area contributed by atoms with E-state index in [9.17, 15) is 8.42 Å². The largest absolute Gasteiger partial charge is 0.244 e. The Hall–Kier alpha value is 0.290. The Morgan fingerprint density at radius 1 is 1.11 bits per heavy atom. The highest BCUT2D eigenvalue weighted by atomic mass is 35.5. The quantitative estimate of drug-likeness (QED) is 0.577. The van der Waals surface area contributed by atoms with Crippen molar-refractivity contribution in [2.75, 3.05) is 12.4 Å². The van der Waals surface area contributed by atoms with E-state index in [1.165, 1.54) is 16.4 Å². The van der Waals surface area contributed by atoms with Crippen LogP contribution >= 0.6 is 46.4 Å². The highest BCUT2D eigenvalue weighted by Gasteiger charge is 2.29. The van der Waals surface area contributed by atoms with Crippen molar-refractivity contribution in [1.29, 1.82) is 0 Å². The van der Waals surface area contributed by atoms with Crippen LogP contribution in [0.1, 0.15) is 13.8 Å². The zero-order valence-corrected chi connectivity index (χ0v) is 14.2. The minimum atomic E-state index is -3.76. The minimum Gasteiger partial charge on any atom is -0.207 e. The Kier molecular flexibility index (Phi) is 6.24. The first-order chi connectivity index (χ1) is 8.71. The molecule has 1 aromatic rings. The smallest absolute Gasteiger partial charge is 0.207 e. The van der Waals surface area contributed by atoms with E-state index < -0.39 is 10.0 Å². The van der Waals surface area contributed by atoms with Gasteiger partial charge in [0, 0.05) is 18.5 Å². The van der Waals surface area contributed by atoms with Crippen LogP contribution < -0.4 is 0 Å². The van der Waals surface area contributed by atoms with Crippen LogP contribution in [0.4, 0.5) is 0 Å². The van der Waals surface area contributed by atoms with E-state index in [4.69, 9.17) is 46.4 Å². The van der Waals surface area contributed by atoms with E-state index in [1.807, 2.05) is 0 Å². The van der Waals surface area contributed by atoms with Crippen LogP contribution in [0, 0.1) is 0 Å². The van der Waals surface area contributed by atoms with Crippen LogP contribution in [0.3, 0.4) is 0 Å². The topological polar surface area (TPSA) is 37.4 Å². The fourth-order valence-corrected chi connectivity index (χ4v) is 4.47. The summed E-state index contributed by atoms with van der Waals surface area (Å²) in [6.45, 7) is 3.71. The van der Waals surface area contributed by atoms with Crippen molar-refractivity contribution >= 4 is 56.4 Å². The van der Waals surface area contributed by atoms with Gasteiger partial charge in [-0.1, -0.05) is 34.8 Å². The Labute approximate surface area is 133 Å². The maximum atomic E-state index is 12.5. The van der Waals surface area contributed by atoms with Gasteiger partial charge in [-0.25, -0.2) is 8.42 Å². The molecule has 0 aliphatic carbocycles. The molecule has 0 heterocycles. The maximum absolute atomic E-state index is 12.5. The molecule has 108 valence electrons. The lowest BCUT2D eigenvalue weighted by Gasteiger charge is -2.25. The van der Waals surface area contributed by atoms with Gasteiger partial charge in [-0.3, -0.25) is 0 Å². The average molecular weight is 365 g/mol. The van der Waals surface area contributed by atoms with Crippen molar-refractivity contribution in [3.8, 4) is 0 Å². The molecule has 0 spiro atoms. The number of hydrogen-bond acceptors (Lipinski definition) is 2. The highest BCUT2D eigenvalue weighted by Crippen LogP contribution is 2.33. The molecule has 1 rings (SSSR count). The number of rotatable bonds is 5. The molecular weight excluding hydrogens is 352 g/mol. The Balaban J connectivity index is 3.37. The van der Waals surface area contributed by atoms with E-state index in [2.05, 4.69) is 0 Å². The zero-order chi connectivity index (χ0) is 14.8. The summed E-state index contributed by atoms with van der Waals surface area (Å²) in [7, 11) is -3.76. The third kappa shape index (κ3) is 3.90. The summed E-state index contributed by atoms with van der Waals surface area (Å²) in [5.74, 6) is 0.191. The molecule has 0 saturated carbocycles. The van der Waals surface area contributed by atoms with E-state index in [0.717, 1.165) is 0 Å². The van der Waals surface area contributed by atoms with Gasteiger partial charge in [0.2, 0.25) is 10.0 Å². The lowest BCUT2D eigenvalue weighted by atomic mass is 10.4. The molecule has 19 heavy (non-hydrogen) atoms. The van der Waals surface area contributed by atoms with Crippen molar-refractivity contribution in [1.82, 2.24) is 4.31 Å². The van der Waals surface area contributed by atoms with Crippen molar-refractivity contribution in [3.05, 3.63) is 27.2 Å². The molecule has 3 nitrogen and oxygen atoms in total. The van der Waals surface area contributed by atoms with E-state index >= 15 is 0 Å². The second-order valence-corrected chi connectivity index (χ2v) is 7.55.